The molecule has 5 nitrogen and oxygen atoms in total. The van der Waals surface area contributed by atoms with Crippen LogP contribution in [0.1, 0.15) is 16.7 Å². The first kappa shape index (κ1) is 23.9. The van der Waals surface area contributed by atoms with Gasteiger partial charge in [0.1, 0.15) is 11.5 Å². The van der Waals surface area contributed by atoms with Crippen LogP contribution in [-0.2, 0) is 18.6 Å². The largest absolute Gasteiger partial charge is 0.508 e. The predicted octanol–water partition coefficient (Wildman–Crippen LogP) is 7.33. The summed E-state index contributed by atoms with van der Waals surface area (Å²) in [7, 11) is 0. The van der Waals surface area contributed by atoms with Crippen molar-refractivity contribution in [3.05, 3.63) is 101 Å². The molecule has 172 valence electrons. The first-order chi connectivity index (χ1) is 16.5. The maximum atomic E-state index is 11.1. The van der Waals surface area contributed by atoms with Gasteiger partial charge in [-0.3, -0.25) is 0 Å². The minimum absolute atomic E-state index is 0.184. The third-order valence-electron chi connectivity index (χ3n) is 5.23. The van der Waals surface area contributed by atoms with Gasteiger partial charge in [-0.05, 0) is 72.0 Å². The second kappa shape index (κ2) is 10.8. The van der Waals surface area contributed by atoms with Gasteiger partial charge in [0, 0.05) is 26.9 Å². The summed E-state index contributed by atoms with van der Waals surface area (Å²) in [6.45, 7) is 7.59. The Kier molecular flexibility index (Phi) is 7.55. The monoisotopic (exact) mass is 534 g/mol. The molecule has 0 saturated carbocycles. The number of aromatic hydroxyl groups is 2. The third-order valence-corrected chi connectivity index (χ3v) is 6.63. The highest BCUT2D eigenvalue weighted by atomic mass is 79.9. The average molecular weight is 535 g/mol. The average Bonchev–Trinajstić information content (AvgIpc) is 3.30. The number of hydrogen-bond acceptors (Lipinski definition) is 6. The fourth-order valence-electron chi connectivity index (χ4n) is 3.56. The second-order valence-electron chi connectivity index (χ2n) is 7.65. The van der Waals surface area contributed by atoms with Crippen molar-refractivity contribution in [2.75, 3.05) is 0 Å². The zero-order valence-electron chi connectivity index (χ0n) is 18.4. The lowest BCUT2D eigenvalue weighted by atomic mass is 9.95. The summed E-state index contributed by atoms with van der Waals surface area (Å²) in [6, 6.07) is 16.9. The lowest BCUT2D eigenvalue weighted by Gasteiger charge is -2.14. The van der Waals surface area contributed by atoms with Crippen LogP contribution in [0.15, 0.2) is 94.0 Å². The Morgan fingerprint density at radius 2 is 1.62 bits per heavy atom. The van der Waals surface area contributed by atoms with Gasteiger partial charge in [-0.1, -0.05) is 52.0 Å². The van der Waals surface area contributed by atoms with Crippen LogP contribution in [-0.4, -0.2) is 20.4 Å². The summed E-state index contributed by atoms with van der Waals surface area (Å²) < 4.78 is 6.78. The van der Waals surface area contributed by atoms with E-state index in [4.69, 9.17) is 4.42 Å². The molecule has 0 aliphatic rings. The first-order valence-electron chi connectivity index (χ1n) is 10.6. The van der Waals surface area contributed by atoms with Crippen molar-refractivity contribution in [3.63, 3.8) is 0 Å². The van der Waals surface area contributed by atoms with Crippen LogP contribution >= 0.6 is 27.7 Å². The molecule has 34 heavy (non-hydrogen) atoms. The molecule has 0 unspecified atom stereocenters. The van der Waals surface area contributed by atoms with Crippen molar-refractivity contribution in [1.82, 2.24) is 10.2 Å². The van der Waals surface area contributed by atoms with Gasteiger partial charge in [0.15, 0.2) is 0 Å². The molecule has 0 aliphatic carbocycles. The third kappa shape index (κ3) is 5.43. The summed E-state index contributed by atoms with van der Waals surface area (Å²) in [5.41, 5.74) is 4.88. The van der Waals surface area contributed by atoms with E-state index in [0.717, 1.165) is 32.3 Å². The van der Waals surface area contributed by atoms with Crippen LogP contribution in [0.2, 0.25) is 0 Å². The molecule has 1 heterocycles. The number of hydrogen-bond donors (Lipinski definition) is 2. The van der Waals surface area contributed by atoms with Crippen molar-refractivity contribution < 1.29 is 14.6 Å². The normalized spacial score (nSPS) is 10.9. The number of phenolic OH excluding ortho intramolecular Hbond substituents is 2. The van der Waals surface area contributed by atoms with E-state index in [0.29, 0.717) is 35.3 Å². The van der Waals surface area contributed by atoms with Crippen LogP contribution in [0.25, 0.3) is 22.6 Å². The molecule has 0 radical (unpaired) electrons. The molecule has 0 aliphatic heterocycles. The van der Waals surface area contributed by atoms with Gasteiger partial charge in [-0.25, -0.2) is 0 Å². The van der Waals surface area contributed by atoms with E-state index < -0.39 is 0 Å². The standard InChI is InChI=1S/C27H23BrN2O3S/c1-3-5-17-13-21(16-34-27-30-29-26(33-27)18-7-10-22(28)11-8-18)25(32)23(14-17)19-9-12-24(31)20(15-19)6-4-2/h3-4,7-15,31-32H,1-2,5-6,16H2. The summed E-state index contributed by atoms with van der Waals surface area (Å²) in [6.07, 6.45) is 4.77. The van der Waals surface area contributed by atoms with E-state index in [-0.39, 0.29) is 11.5 Å². The molecule has 1 aromatic heterocycles. The molecule has 4 aromatic rings. The van der Waals surface area contributed by atoms with Gasteiger partial charge in [0.05, 0.1) is 0 Å². The minimum Gasteiger partial charge on any atom is -0.508 e. The van der Waals surface area contributed by atoms with Crippen LogP contribution in [0.5, 0.6) is 11.5 Å². The Balaban J connectivity index is 1.62. The van der Waals surface area contributed by atoms with Gasteiger partial charge in [0.2, 0.25) is 5.89 Å². The number of halogens is 1. The number of benzene rings is 3. The highest BCUT2D eigenvalue weighted by Crippen LogP contribution is 2.38. The zero-order chi connectivity index (χ0) is 24.1. The van der Waals surface area contributed by atoms with Gasteiger partial charge in [-0.15, -0.1) is 23.4 Å². The lowest BCUT2D eigenvalue weighted by molar-refractivity contribution is 0.464. The number of thioether (sulfide) groups is 1. The van der Waals surface area contributed by atoms with E-state index in [9.17, 15) is 10.2 Å². The quantitative estimate of drug-likeness (QED) is 0.173. The SMILES string of the molecule is C=CCc1cc(CSc2nnc(-c3ccc(Br)cc3)o2)c(O)c(-c2ccc(O)c(CC=C)c2)c1. The lowest BCUT2D eigenvalue weighted by Crippen LogP contribution is -1.93. The summed E-state index contributed by atoms with van der Waals surface area (Å²) in [4.78, 5) is 0. The Bertz CT molecular complexity index is 1330. The molecule has 3 aromatic carbocycles. The summed E-state index contributed by atoms with van der Waals surface area (Å²) >= 11 is 4.78. The van der Waals surface area contributed by atoms with E-state index >= 15 is 0 Å². The maximum Gasteiger partial charge on any atom is 0.277 e. The zero-order valence-corrected chi connectivity index (χ0v) is 20.8. The fraction of sp³-hybridized carbons (Fsp3) is 0.111. The van der Waals surface area contributed by atoms with E-state index in [2.05, 4.69) is 39.3 Å². The number of rotatable bonds is 9. The number of nitrogens with zero attached hydrogens (tertiary/aromatic N) is 2. The Labute approximate surface area is 211 Å². The summed E-state index contributed by atoms with van der Waals surface area (Å²) in [5, 5.41) is 30.0. The van der Waals surface area contributed by atoms with Crippen molar-refractivity contribution in [3.8, 4) is 34.1 Å². The molecular weight excluding hydrogens is 512 g/mol. The molecule has 0 saturated heterocycles. The van der Waals surface area contributed by atoms with Gasteiger partial charge in [-0.2, -0.15) is 0 Å². The van der Waals surface area contributed by atoms with Crippen LogP contribution in [0.3, 0.4) is 0 Å². The van der Waals surface area contributed by atoms with Crippen LogP contribution in [0.4, 0.5) is 0 Å². The molecule has 2 N–H and O–H groups in total. The number of allylic oxidation sites excluding steroid dienone is 2. The Hall–Kier alpha value is -3.29. The van der Waals surface area contributed by atoms with E-state index in [1.54, 1.807) is 18.2 Å². The molecule has 0 atom stereocenters. The maximum absolute atomic E-state index is 11.1. The van der Waals surface area contributed by atoms with Gasteiger partial charge < -0.3 is 14.6 Å². The molecule has 7 heteroatoms. The molecular formula is C27H23BrN2O3S. The van der Waals surface area contributed by atoms with Crippen molar-refractivity contribution in [2.45, 2.75) is 23.8 Å². The molecule has 0 bridgehead atoms. The minimum atomic E-state index is 0.184. The Morgan fingerprint density at radius 1 is 0.882 bits per heavy atom. The highest BCUT2D eigenvalue weighted by Gasteiger charge is 2.16. The number of aromatic nitrogens is 2. The molecule has 4 rings (SSSR count). The highest BCUT2D eigenvalue weighted by molar-refractivity contribution is 9.10. The van der Waals surface area contributed by atoms with Crippen molar-refractivity contribution in [2.24, 2.45) is 0 Å². The van der Waals surface area contributed by atoms with Crippen LogP contribution < -0.4 is 0 Å². The molecule has 0 fully saturated rings. The predicted molar refractivity (Wildman–Crippen MR) is 140 cm³/mol. The molecule has 0 spiro atoms. The smallest absolute Gasteiger partial charge is 0.277 e. The first-order valence-corrected chi connectivity index (χ1v) is 12.4. The fourth-order valence-corrected chi connectivity index (χ4v) is 4.56. The summed E-state index contributed by atoms with van der Waals surface area (Å²) in [5.74, 6) is 1.28. The van der Waals surface area contributed by atoms with Crippen molar-refractivity contribution >= 4 is 27.7 Å². The number of phenols is 2. The molecule has 0 amide bonds. The van der Waals surface area contributed by atoms with Gasteiger partial charge >= 0.3 is 0 Å². The van der Waals surface area contributed by atoms with E-state index in [1.807, 2.05) is 48.5 Å². The van der Waals surface area contributed by atoms with E-state index in [1.165, 1.54) is 11.8 Å². The topological polar surface area (TPSA) is 79.4 Å². The van der Waals surface area contributed by atoms with Crippen molar-refractivity contribution in [1.29, 1.82) is 0 Å². The Morgan fingerprint density at radius 3 is 2.35 bits per heavy atom. The van der Waals surface area contributed by atoms with Gasteiger partial charge in [0.25, 0.3) is 5.22 Å². The second-order valence-corrected chi connectivity index (χ2v) is 9.49. The van der Waals surface area contributed by atoms with Crippen LogP contribution in [0, 0.1) is 0 Å².